The van der Waals surface area contributed by atoms with E-state index in [1.807, 2.05) is 27.7 Å². The van der Waals surface area contributed by atoms with Crippen LogP contribution in [0.2, 0.25) is 0 Å². The molecule has 0 bridgehead atoms. The summed E-state index contributed by atoms with van der Waals surface area (Å²) >= 11 is 0. The first-order valence-corrected chi connectivity index (χ1v) is 7.48. The Morgan fingerprint density at radius 2 is 1.55 bits per heavy atom. The molecule has 0 saturated carbocycles. The Bertz CT molecular complexity index is 337. The molecule has 20 heavy (non-hydrogen) atoms. The monoisotopic (exact) mass is 284 g/mol. The van der Waals surface area contributed by atoms with Gasteiger partial charge in [0.15, 0.2) is 0 Å². The van der Waals surface area contributed by atoms with Crippen LogP contribution in [0.25, 0.3) is 0 Å². The van der Waals surface area contributed by atoms with Crippen LogP contribution < -0.4 is 11.1 Å². The lowest BCUT2D eigenvalue weighted by atomic mass is 9.76. The Labute approximate surface area is 123 Å². The van der Waals surface area contributed by atoms with Crippen molar-refractivity contribution in [1.82, 2.24) is 5.32 Å². The van der Waals surface area contributed by atoms with E-state index in [1.165, 1.54) is 0 Å². The second-order valence-corrected chi connectivity index (χ2v) is 7.91. The topological polar surface area (TPSA) is 72.2 Å². The maximum atomic E-state index is 12.5. The molecule has 0 aromatic rings. The van der Waals surface area contributed by atoms with E-state index in [9.17, 15) is 9.59 Å². The zero-order valence-corrected chi connectivity index (χ0v) is 14.2. The van der Waals surface area contributed by atoms with Crippen LogP contribution in [0, 0.1) is 17.3 Å². The van der Waals surface area contributed by atoms with Gasteiger partial charge in [-0.15, -0.1) is 0 Å². The predicted molar refractivity (Wildman–Crippen MR) is 83.1 cm³/mol. The van der Waals surface area contributed by atoms with Gasteiger partial charge in [-0.05, 0) is 39.0 Å². The Balaban J connectivity index is 5.24. The third-order valence-electron chi connectivity index (χ3n) is 3.12. The molecule has 2 atom stereocenters. The summed E-state index contributed by atoms with van der Waals surface area (Å²) in [4.78, 5) is 24.3. The van der Waals surface area contributed by atoms with E-state index in [0.29, 0.717) is 12.8 Å². The van der Waals surface area contributed by atoms with Gasteiger partial charge in [-0.25, -0.2) is 0 Å². The molecule has 0 fully saturated rings. The highest BCUT2D eigenvalue weighted by Gasteiger charge is 2.35. The van der Waals surface area contributed by atoms with E-state index >= 15 is 0 Å². The number of primary amides is 1. The molecule has 0 aromatic carbocycles. The minimum Gasteiger partial charge on any atom is -0.369 e. The molecule has 0 rings (SSSR count). The summed E-state index contributed by atoms with van der Waals surface area (Å²) in [5, 5.41) is 2.99. The maximum Gasteiger partial charge on any atom is 0.224 e. The molecule has 0 aliphatic rings. The van der Waals surface area contributed by atoms with Crippen molar-refractivity contribution in [3.63, 3.8) is 0 Å². The average Bonchev–Trinajstić information content (AvgIpc) is 2.18. The molecule has 4 heteroatoms. The normalized spacial score (nSPS) is 15.6. The molecule has 2 amide bonds. The number of hydrogen-bond donors (Lipinski definition) is 2. The van der Waals surface area contributed by atoms with Crippen LogP contribution in [0.5, 0.6) is 0 Å². The zero-order chi connectivity index (χ0) is 16.1. The third-order valence-corrected chi connectivity index (χ3v) is 3.12. The van der Waals surface area contributed by atoms with Gasteiger partial charge < -0.3 is 11.1 Å². The Morgan fingerprint density at radius 3 is 1.85 bits per heavy atom. The van der Waals surface area contributed by atoms with Gasteiger partial charge in [-0.1, -0.05) is 34.1 Å². The number of rotatable bonds is 6. The SMILES string of the molecule is CCC[C@H](C(N)=O)C(CC(C)(C)C)C(=O)NC(C)(C)C. The van der Waals surface area contributed by atoms with Crippen LogP contribution in [0.15, 0.2) is 0 Å². The maximum absolute atomic E-state index is 12.5. The standard InChI is InChI=1S/C16H32N2O2/c1-8-9-11(13(17)19)12(10-15(2,3)4)14(20)18-16(5,6)7/h11-12H,8-10H2,1-7H3,(H2,17,19)(H,18,20)/t11-,12?/m0/s1. The van der Waals surface area contributed by atoms with E-state index in [2.05, 4.69) is 26.1 Å². The summed E-state index contributed by atoms with van der Waals surface area (Å²) in [5.74, 6) is -1.18. The van der Waals surface area contributed by atoms with Gasteiger partial charge in [-0.2, -0.15) is 0 Å². The highest BCUT2D eigenvalue weighted by atomic mass is 16.2. The van der Waals surface area contributed by atoms with Crippen LogP contribution >= 0.6 is 0 Å². The molecule has 118 valence electrons. The van der Waals surface area contributed by atoms with Crippen LogP contribution in [0.1, 0.15) is 67.7 Å². The fraction of sp³-hybridized carbons (Fsp3) is 0.875. The Hall–Kier alpha value is -1.06. The van der Waals surface area contributed by atoms with Gasteiger partial charge in [0.05, 0.1) is 0 Å². The van der Waals surface area contributed by atoms with Crippen molar-refractivity contribution in [2.24, 2.45) is 23.0 Å². The Kier molecular flexibility index (Phi) is 6.72. The van der Waals surface area contributed by atoms with E-state index in [-0.39, 0.29) is 34.6 Å². The van der Waals surface area contributed by atoms with Crippen molar-refractivity contribution >= 4 is 11.8 Å². The first-order valence-electron chi connectivity index (χ1n) is 7.48. The smallest absolute Gasteiger partial charge is 0.224 e. The van der Waals surface area contributed by atoms with Crippen molar-refractivity contribution in [2.45, 2.75) is 73.3 Å². The van der Waals surface area contributed by atoms with Gasteiger partial charge in [0.2, 0.25) is 11.8 Å². The number of carbonyl (C=O) groups excluding carboxylic acids is 2. The van der Waals surface area contributed by atoms with Gasteiger partial charge >= 0.3 is 0 Å². The molecule has 0 aliphatic heterocycles. The summed E-state index contributed by atoms with van der Waals surface area (Å²) in [6.07, 6.45) is 2.16. The lowest BCUT2D eigenvalue weighted by Gasteiger charge is -2.32. The third kappa shape index (κ3) is 7.51. The summed E-state index contributed by atoms with van der Waals surface area (Å²) in [6.45, 7) is 14.1. The second-order valence-electron chi connectivity index (χ2n) is 7.91. The quantitative estimate of drug-likeness (QED) is 0.787. The van der Waals surface area contributed by atoms with Crippen molar-refractivity contribution in [1.29, 1.82) is 0 Å². The number of amides is 2. The molecule has 4 nitrogen and oxygen atoms in total. The highest BCUT2D eigenvalue weighted by molar-refractivity contribution is 5.87. The van der Waals surface area contributed by atoms with Crippen molar-refractivity contribution in [3.05, 3.63) is 0 Å². The number of nitrogens with two attached hydrogens (primary N) is 1. The molecular weight excluding hydrogens is 252 g/mol. The van der Waals surface area contributed by atoms with E-state index in [4.69, 9.17) is 5.73 Å². The number of nitrogens with one attached hydrogen (secondary N) is 1. The fourth-order valence-corrected chi connectivity index (χ4v) is 2.39. The molecule has 0 aliphatic carbocycles. The number of carbonyl (C=O) groups is 2. The van der Waals surface area contributed by atoms with Gasteiger partial charge in [-0.3, -0.25) is 9.59 Å². The van der Waals surface area contributed by atoms with Gasteiger partial charge in [0, 0.05) is 17.4 Å². The largest absolute Gasteiger partial charge is 0.369 e. The number of hydrogen-bond acceptors (Lipinski definition) is 2. The second kappa shape index (κ2) is 7.09. The summed E-state index contributed by atoms with van der Waals surface area (Å²) in [6, 6.07) is 0. The van der Waals surface area contributed by atoms with Crippen LogP contribution in [0.3, 0.4) is 0 Å². The summed E-state index contributed by atoms with van der Waals surface area (Å²) < 4.78 is 0. The van der Waals surface area contributed by atoms with Crippen LogP contribution in [0.4, 0.5) is 0 Å². The lowest BCUT2D eigenvalue weighted by molar-refractivity contribution is -0.135. The lowest BCUT2D eigenvalue weighted by Crippen LogP contribution is -2.48. The van der Waals surface area contributed by atoms with E-state index in [1.54, 1.807) is 0 Å². The fourth-order valence-electron chi connectivity index (χ4n) is 2.39. The first kappa shape index (κ1) is 18.9. The molecule has 0 aromatic heterocycles. The predicted octanol–water partition coefficient (Wildman–Crippen LogP) is 2.86. The molecule has 0 radical (unpaired) electrons. The Morgan fingerprint density at radius 1 is 1.05 bits per heavy atom. The minimum absolute atomic E-state index is 0.0265. The zero-order valence-electron chi connectivity index (χ0n) is 14.2. The molecule has 1 unspecified atom stereocenters. The summed E-state index contributed by atoms with van der Waals surface area (Å²) in [5.41, 5.74) is 5.19. The average molecular weight is 284 g/mol. The van der Waals surface area contributed by atoms with E-state index < -0.39 is 0 Å². The van der Waals surface area contributed by atoms with Crippen LogP contribution in [-0.2, 0) is 9.59 Å². The van der Waals surface area contributed by atoms with Crippen molar-refractivity contribution in [3.8, 4) is 0 Å². The molecule has 3 N–H and O–H groups in total. The van der Waals surface area contributed by atoms with Crippen molar-refractivity contribution in [2.75, 3.05) is 0 Å². The van der Waals surface area contributed by atoms with Gasteiger partial charge in [0.1, 0.15) is 0 Å². The van der Waals surface area contributed by atoms with Crippen molar-refractivity contribution < 1.29 is 9.59 Å². The van der Waals surface area contributed by atoms with E-state index in [0.717, 1.165) is 6.42 Å². The summed E-state index contributed by atoms with van der Waals surface area (Å²) in [7, 11) is 0. The minimum atomic E-state index is -0.387. The molecular formula is C16H32N2O2. The molecule has 0 spiro atoms. The molecule has 0 heterocycles. The first-order chi connectivity index (χ1) is 8.87. The van der Waals surface area contributed by atoms with Gasteiger partial charge in [0.25, 0.3) is 0 Å². The molecule has 0 saturated heterocycles. The van der Waals surface area contributed by atoms with Crippen LogP contribution in [-0.4, -0.2) is 17.4 Å². The highest BCUT2D eigenvalue weighted by Crippen LogP contribution is 2.31.